The Morgan fingerprint density at radius 3 is 2.86 bits per heavy atom. The van der Waals surface area contributed by atoms with Gasteiger partial charge in [0, 0.05) is 23.1 Å². The molecule has 2 aromatic heterocycles. The number of ether oxygens (including phenoxy) is 1. The summed E-state index contributed by atoms with van der Waals surface area (Å²) in [7, 11) is 0. The number of aromatic nitrogens is 3. The summed E-state index contributed by atoms with van der Waals surface area (Å²) >= 11 is 1.71. The fraction of sp³-hybridized carbons (Fsp3) is 0.263. The lowest BCUT2D eigenvalue weighted by atomic mass is 10.1. The van der Waals surface area contributed by atoms with Crippen molar-refractivity contribution in [1.82, 2.24) is 14.9 Å². The van der Waals surface area contributed by atoms with Gasteiger partial charge in [-0.15, -0.1) is 0 Å². The Bertz CT molecular complexity index is 1060. The summed E-state index contributed by atoms with van der Waals surface area (Å²) in [6.07, 6.45) is 0. The molecule has 8 nitrogen and oxygen atoms in total. The van der Waals surface area contributed by atoms with Crippen molar-refractivity contribution in [1.29, 1.82) is 0 Å². The molecule has 3 heterocycles. The lowest BCUT2D eigenvalue weighted by molar-refractivity contribution is -0.117. The van der Waals surface area contributed by atoms with Crippen LogP contribution in [0, 0.1) is 0 Å². The monoisotopic (exact) mass is 398 g/mol. The van der Waals surface area contributed by atoms with E-state index in [1.807, 2.05) is 31.2 Å². The molecule has 9 heteroatoms. The zero-order valence-electron chi connectivity index (χ0n) is 15.2. The number of carbonyl (C=O) groups excluding carboxylic acids is 1. The van der Waals surface area contributed by atoms with Crippen molar-refractivity contribution in [3.05, 3.63) is 58.0 Å². The molecule has 1 N–H and O–H groups in total. The minimum absolute atomic E-state index is 0.216. The van der Waals surface area contributed by atoms with Gasteiger partial charge < -0.3 is 9.26 Å². The van der Waals surface area contributed by atoms with Gasteiger partial charge in [0.15, 0.2) is 0 Å². The zero-order valence-corrected chi connectivity index (χ0v) is 16.0. The smallest absolute Gasteiger partial charge is 0.267 e. The molecular formula is C19H18N4O4S. The van der Waals surface area contributed by atoms with Crippen LogP contribution in [0.3, 0.4) is 0 Å². The first-order valence-electron chi connectivity index (χ1n) is 8.80. The molecule has 0 saturated carbocycles. The number of hydrogen-bond donors (Lipinski definition) is 1. The molecule has 1 aliphatic rings. The molecule has 0 unspecified atom stereocenters. The summed E-state index contributed by atoms with van der Waals surface area (Å²) in [4.78, 5) is 24.5. The number of nitrogens with one attached hydrogen (secondary N) is 1. The standard InChI is InChI=1S/C19H18N4O4S/c1-2-26-13-5-3-12(4-6-13)15-7-8-18(25)23(21-15)9-17(24)20-19-14-10-28-11-16(14)22-27-19/h3-8H,2,9-11H2,1H3,(H,20,24). The molecule has 0 saturated heterocycles. The van der Waals surface area contributed by atoms with Crippen LogP contribution in [0.15, 0.2) is 45.7 Å². The molecule has 1 aromatic carbocycles. The van der Waals surface area contributed by atoms with Crippen LogP contribution in [-0.2, 0) is 22.8 Å². The van der Waals surface area contributed by atoms with Crippen molar-refractivity contribution in [2.24, 2.45) is 0 Å². The van der Waals surface area contributed by atoms with E-state index in [9.17, 15) is 9.59 Å². The first-order valence-corrected chi connectivity index (χ1v) is 9.96. The highest BCUT2D eigenvalue weighted by atomic mass is 32.2. The van der Waals surface area contributed by atoms with Crippen molar-refractivity contribution >= 4 is 23.6 Å². The van der Waals surface area contributed by atoms with Crippen LogP contribution in [0.4, 0.5) is 5.88 Å². The molecule has 0 spiro atoms. The molecule has 0 fully saturated rings. The highest BCUT2D eigenvalue weighted by Crippen LogP contribution is 2.34. The van der Waals surface area contributed by atoms with Crippen LogP contribution in [0.25, 0.3) is 11.3 Å². The maximum absolute atomic E-state index is 12.4. The summed E-state index contributed by atoms with van der Waals surface area (Å²) in [6, 6.07) is 10.4. The minimum atomic E-state index is -0.394. The maximum atomic E-state index is 12.4. The van der Waals surface area contributed by atoms with E-state index in [0.29, 0.717) is 18.2 Å². The minimum Gasteiger partial charge on any atom is -0.494 e. The van der Waals surface area contributed by atoms with Gasteiger partial charge in [0.25, 0.3) is 5.56 Å². The summed E-state index contributed by atoms with van der Waals surface area (Å²) in [6.45, 7) is 2.29. The Hall–Kier alpha value is -3.07. The predicted molar refractivity (Wildman–Crippen MR) is 105 cm³/mol. The van der Waals surface area contributed by atoms with Crippen molar-refractivity contribution in [2.75, 3.05) is 11.9 Å². The third-order valence-electron chi connectivity index (χ3n) is 4.23. The molecular weight excluding hydrogens is 380 g/mol. The fourth-order valence-electron chi connectivity index (χ4n) is 2.86. The lowest BCUT2D eigenvalue weighted by Gasteiger charge is -2.08. The number of benzene rings is 1. The van der Waals surface area contributed by atoms with E-state index in [2.05, 4.69) is 15.6 Å². The lowest BCUT2D eigenvalue weighted by Crippen LogP contribution is -2.29. The molecule has 1 aliphatic heterocycles. The summed E-state index contributed by atoms with van der Waals surface area (Å²) in [5.41, 5.74) is 2.81. The van der Waals surface area contributed by atoms with Crippen molar-refractivity contribution < 1.29 is 14.1 Å². The quantitative estimate of drug-likeness (QED) is 0.681. The normalized spacial score (nSPS) is 12.6. The molecule has 1 amide bonds. The number of fused-ring (bicyclic) bond motifs is 1. The number of amides is 1. The van der Waals surface area contributed by atoms with E-state index in [-0.39, 0.29) is 12.1 Å². The Balaban J connectivity index is 1.50. The second-order valence-corrected chi connectivity index (χ2v) is 7.14. The SMILES string of the molecule is CCOc1ccc(-c2ccc(=O)n(CC(=O)Nc3onc4c3CSC4)n2)cc1. The first kappa shape index (κ1) is 18.3. The van der Waals surface area contributed by atoms with Crippen LogP contribution < -0.4 is 15.6 Å². The number of carbonyl (C=O) groups is 1. The highest BCUT2D eigenvalue weighted by molar-refractivity contribution is 7.98. The Labute approximate surface area is 164 Å². The molecule has 0 aliphatic carbocycles. The van der Waals surface area contributed by atoms with E-state index in [4.69, 9.17) is 9.26 Å². The fourth-order valence-corrected chi connectivity index (χ4v) is 3.88. The van der Waals surface area contributed by atoms with Gasteiger partial charge in [-0.3, -0.25) is 14.9 Å². The van der Waals surface area contributed by atoms with Crippen molar-refractivity contribution in [3.8, 4) is 17.0 Å². The molecule has 0 atom stereocenters. The molecule has 28 heavy (non-hydrogen) atoms. The number of rotatable bonds is 6. The van der Waals surface area contributed by atoms with Crippen LogP contribution in [0.2, 0.25) is 0 Å². The zero-order chi connectivity index (χ0) is 19.5. The number of anilines is 1. The highest BCUT2D eigenvalue weighted by Gasteiger charge is 2.23. The number of hydrogen-bond acceptors (Lipinski definition) is 7. The predicted octanol–water partition coefficient (Wildman–Crippen LogP) is 2.68. The Morgan fingerprint density at radius 1 is 1.25 bits per heavy atom. The average Bonchev–Trinajstić information content (AvgIpc) is 3.30. The van der Waals surface area contributed by atoms with Crippen LogP contribution in [0.5, 0.6) is 5.75 Å². The summed E-state index contributed by atoms with van der Waals surface area (Å²) < 4.78 is 11.7. The topological polar surface area (TPSA) is 99.2 Å². The molecule has 3 aromatic rings. The van der Waals surface area contributed by atoms with Gasteiger partial charge >= 0.3 is 0 Å². The van der Waals surface area contributed by atoms with Gasteiger partial charge in [0.2, 0.25) is 11.8 Å². The van der Waals surface area contributed by atoms with Gasteiger partial charge in [-0.2, -0.15) is 16.9 Å². The largest absolute Gasteiger partial charge is 0.494 e. The van der Waals surface area contributed by atoms with Gasteiger partial charge in [-0.05, 0) is 37.3 Å². The molecule has 0 radical (unpaired) electrons. The van der Waals surface area contributed by atoms with Crippen molar-refractivity contribution in [2.45, 2.75) is 25.0 Å². The van der Waals surface area contributed by atoms with E-state index in [0.717, 1.165) is 38.8 Å². The van der Waals surface area contributed by atoms with Crippen LogP contribution >= 0.6 is 11.8 Å². The van der Waals surface area contributed by atoms with E-state index in [1.165, 1.54) is 6.07 Å². The first-order chi connectivity index (χ1) is 13.6. The molecule has 0 bridgehead atoms. The molecule has 4 rings (SSSR count). The van der Waals surface area contributed by atoms with Gasteiger partial charge in [0.05, 0.1) is 23.6 Å². The second kappa shape index (κ2) is 7.89. The van der Waals surface area contributed by atoms with Gasteiger partial charge in [-0.25, -0.2) is 4.68 Å². The number of thioether (sulfide) groups is 1. The second-order valence-electron chi connectivity index (χ2n) is 6.15. The van der Waals surface area contributed by atoms with Crippen molar-refractivity contribution in [3.63, 3.8) is 0 Å². The Kier molecular flexibility index (Phi) is 5.16. The summed E-state index contributed by atoms with van der Waals surface area (Å²) in [5.74, 6) is 2.24. The van der Waals surface area contributed by atoms with Gasteiger partial charge in [-0.1, -0.05) is 5.16 Å². The van der Waals surface area contributed by atoms with E-state index in [1.54, 1.807) is 17.8 Å². The maximum Gasteiger partial charge on any atom is 0.267 e. The van der Waals surface area contributed by atoms with E-state index < -0.39 is 5.91 Å². The molecule has 144 valence electrons. The Morgan fingerprint density at radius 2 is 2.07 bits per heavy atom. The average molecular weight is 398 g/mol. The third-order valence-corrected chi connectivity index (χ3v) is 5.20. The van der Waals surface area contributed by atoms with E-state index >= 15 is 0 Å². The third kappa shape index (κ3) is 3.79. The van der Waals surface area contributed by atoms with Crippen LogP contribution in [-0.4, -0.2) is 27.5 Å². The van der Waals surface area contributed by atoms with Gasteiger partial charge in [0.1, 0.15) is 12.3 Å². The number of nitrogens with zero attached hydrogens (tertiary/aromatic N) is 3. The summed E-state index contributed by atoms with van der Waals surface area (Å²) in [5, 5.41) is 10.9. The van der Waals surface area contributed by atoms with Crippen LogP contribution in [0.1, 0.15) is 18.2 Å².